The molecule has 3 atom stereocenters. The first-order chi connectivity index (χ1) is 26.6. The molecule has 11 nitrogen and oxygen atoms in total. The van der Waals surface area contributed by atoms with Crippen LogP contribution in [0.3, 0.4) is 0 Å². The van der Waals surface area contributed by atoms with Gasteiger partial charge in [-0.05, 0) is 107 Å². The van der Waals surface area contributed by atoms with Crippen LogP contribution >= 0.6 is 0 Å². The van der Waals surface area contributed by atoms with Gasteiger partial charge in [-0.2, -0.15) is 0 Å². The van der Waals surface area contributed by atoms with Gasteiger partial charge in [0.25, 0.3) is 0 Å². The number of amides is 3. The highest BCUT2D eigenvalue weighted by Gasteiger charge is 2.38. The number of rotatable bonds is 9. The molecule has 3 unspecified atom stereocenters. The summed E-state index contributed by atoms with van der Waals surface area (Å²) in [4.78, 5) is 59.4. The van der Waals surface area contributed by atoms with Crippen LogP contribution in [0.15, 0.2) is 72.8 Å². The van der Waals surface area contributed by atoms with Gasteiger partial charge in [0.1, 0.15) is 17.7 Å². The van der Waals surface area contributed by atoms with E-state index in [0.29, 0.717) is 18.9 Å². The number of carbonyl (C=O) groups excluding carboxylic acids is 3. The maximum absolute atomic E-state index is 13.7. The number of imidazole rings is 2. The summed E-state index contributed by atoms with van der Waals surface area (Å²) in [6.07, 6.45) is 3.52. The number of H-pyrrole nitrogens is 2. The van der Waals surface area contributed by atoms with Crippen LogP contribution in [0.25, 0.3) is 55.1 Å². The van der Waals surface area contributed by atoms with Crippen LogP contribution in [0.5, 0.6) is 0 Å². The first-order valence-electron chi connectivity index (χ1n) is 19.5. The van der Waals surface area contributed by atoms with Gasteiger partial charge in [0.05, 0.1) is 41.3 Å². The van der Waals surface area contributed by atoms with Crippen LogP contribution in [0, 0.1) is 11.8 Å². The summed E-state index contributed by atoms with van der Waals surface area (Å²) in [6, 6.07) is 24.8. The van der Waals surface area contributed by atoms with E-state index in [9.17, 15) is 14.4 Å². The molecule has 0 spiro atoms. The average Bonchev–Trinajstić information content (AvgIpc) is 4.00. The number of ether oxygens (including phenoxy) is 1. The summed E-state index contributed by atoms with van der Waals surface area (Å²) in [6.45, 7) is 9.40. The van der Waals surface area contributed by atoms with E-state index >= 15 is 0 Å². The lowest BCUT2D eigenvalue weighted by molar-refractivity contribution is -0.135. The molecule has 0 aliphatic carbocycles. The minimum absolute atomic E-state index is 0.00492. The van der Waals surface area contributed by atoms with Crippen molar-refractivity contribution in [2.24, 2.45) is 11.8 Å². The molecule has 2 aliphatic rings. The van der Waals surface area contributed by atoms with Crippen molar-refractivity contribution in [1.82, 2.24) is 35.1 Å². The highest BCUT2D eigenvalue weighted by Crippen LogP contribution is 2.36. The van der Waals surface area contributed by atoms with E-state index in [1.165, 1.54) is 7.11 Å². The third-order valence-corrected chi connectivity index (χ3v) is 11.2. The second kappa shape index (κ2) is 14.8. The zero-order valence-corrected chi connectivity index (χ0v) is 32.2. The van der Waals surface area contributed by atoms with Gasteiger partial charge in [-0.3, -0.25) is 9.59 Å². The summed E-state index contributed by atoms with van der Waals surface area (Å²) in [5, 5.41) is 5.01. The first-order valence-corrected chi connectivity index (χ1v) is 19.5. The van der Waals surface area contributed by atoms with E-state index < -0.39 is 12.1 Å². The number of benzene rings is 4. The Balaban J connectivity index is 1.03. The van der Waals surface area contributed by atoms with Crippen LogP contribution in [-0.4, -0.2) is 73.9 Å². The second-order valence-electron chi connectivity index (χ2n) is 15.9. The standard InChI is InChI=1S/C44H49N7O4/c1-25(2)20-39(52)50-18-6-8-37(50)41-45-33-16-14-30(23-35(33)47-41)28-12-10-27-11-13-29(22-32(27)21-28)31-15-17-34-36(24-31)48-42(46-34)38-9-7-19-51(38)43(53)40(26(3)4)49-44(54)55-5/h10-17,21-26,37-38,40H,6-9,18-20H2,1-5H3,(H,45,47)(H,46,48)(H,49,54). The topological polar surface area (TPSA) is 136 Å². The number of methoxy groups -OCH3 is 1. The van der Waals surface area contributed by atoms with Gasteiger partial charge in [0.15, 0.2) is 0 Å². The minimum atomic E-state index is -0.681. The van der Waals surface area contributed by atoms with Crippen molar-refractivity contribution in [1.29, 1.82) is 0 Å². The highest BCUT2D eigenvalue weighted by molar-refractivity contribution is 5.93. The Morgan fingerprint density at radius 1 is 0.727 bits per heavy atom. The fourth-order valence-corrected chi connectivity index (χ4v) is 8.35. The van der Waals surface area contributed by atoms with E-state index in [2.05, 4.69) is 95.9 Å². The molecule has 3 N–H and O–H groups in total. The minimum Gasteiger partial charge on any atom is -0.453 e. The molecule has 284 valence electrons. The third kappa shape index (κ3) is 7.15. The van der Waals surface area contributed by atoms with Gasteiger partial charge in [-0.1, -0.05) is 64.1 Å². The number of alkyl carbamates (subject to hydrolysis) is 1. The fourth-order valence-electron chi connectivity index (χ4n) is 8.35. The number of hydrogen-bond acceptors (Lipinski definition) is 6. The molecular weight excluding hydrogens is 691 g/mol. The molecule has 0 bridgehead atoms. The SMILES string of the molecule is COC(=O)NC(C(=O)N1CCCC1c1nc2ccc(-c3ccc4ccc(-c5ccc6nc(C7CCCN7C(=O)CC(C)C)[nH]c6c5)cc4c3)cc2[nH]1)C(C)C. The van der Waals surface area contributed by atoms with Crippen LogP contribution in [-0.2, 0) is 14.3 Å². The Hall–Kier alpha value is -5.71. The second-order valence-corrected chi connectivity index (χ2v) is 15.9. The molecule has 4 heterocycles. The van der Waals surface area contributed by atoms with Gasteiger partial charge in [0.2, 0.25) is 11.8 Å². The van der Waals surface area contributed by atoms with Gasteiger partial charge < -0.3 is 29.8 Å². The monoisotopic (exact) mass is 739 g/mol. The molecule has 11 heteroatoms. The average molecular weight is 740 g/mol. The smallest absolute Gasteiger partial charge is 0.407 e. The van der Waals surface area contributed by atoms with Crippen LogP contribution in [0.1, 0.15) is 83.5 Å². The molecular formula is C44H49N7O4. The molecule has 0 radical (unpaired) electrons. The number of nitrogens with one attached hydrogen (secondary N) is 3. The number of likely N-dealkylation sites (tertiary alicyclic amines) is 2. The number of nitrogens with zero attached hydrogens (tertiary/aromatic N) is 4. The van der Waals surface area contributed by atoms with Gasteiger partial charge >= 0.3 is 6.09 Å². The van der Waals surface area contributed by atoms with Crippen molar-refractivity contribution >= 4 is 50.7 Å². The summed E-state index contributed by atoms with van der Waals surface area (Å²) >= 11 is 0. The van der Waals surface area contributed by atoms with Crippen molar-refractivity contribution in [3.05, 3.63) is 84.4 Å². The quantitative estimate of drug-likeness (QED) is 0.136. The lowest BCUT2D eigenvalue weighted by Gasteiger charge is -2.29. The highest BCUT2D eigenvalue weighted by atomic mass is 16.5. The lowest BCUT2D eigenvalue weighted by atomic mass is 9.97. The van der Waals surface area contributed by atoms with E-state index in [1.54, 1.807) is 0 Å². The van der Waals surface area contributed by atoms with Crippen LogP contribution in [0.2, 0.25) is 0 Å². The summed E-state index contributed by atoms with van der Waals surface area (Å²) in [5.74, 6) is 1.93. The molecule has 2 saturated heterocycles. The Morgan fingerprint density at radius 3 is 1.76 bits per heavy atom. The van der Waals surface area contributed by atoms with E-state index in [0.717, 1.165) is 99.0 Å². The van der Waals surface area contributed by atoms with Crippen molar-refractivity contribution in [2.75, 3.05) is 20.2 Å². The number of aromatic nitrogens is 4. The Bertz CT molecular complexity index is 2410. The Morgan fingerprint density at radius 2 is 1.24 bits per heavy atom. The molecule has 3 amide bonds. The predicted molar refractivity (Wildman–Crippen MR) is 215 cm³/mol. The van der Waals surface area contributed by atoms with Gasteiger partial charge in [-0.25, -0.2) is 14.8 Å². The van der Waals surface area contributed by atoms with Gasteiger partial charge in [0, 0.05) is 19.5 Å². The zero-order chi connectivity index (χ0) is 38.4. The number of aromatic amines is 2. The Kier molecular flexibility index (Phi) is 9.79. The summed E-state index contributed by atoms with van der Waals surface area (Å²) in [5.41, 5.74) is 8.00. The van der Waals surface area contributed by atoms with Crippen LogP contribution < -0.4 is 5.32 Å². The maximum Gasteiger partial charge on any atom is 0.407 e. The molecule has 6 aromatic rings. The van der Waals surface area contributed by atoms with E-state index in [4.69, 9.17) is 14.7 Å². The number of carbonyl (C=O) groups is 3. The molecule has 0 saturated carbocycles. The van der Waals surface area contributed by atoms with Crippen molar-refractivity contribution in [3.8, 4) is 22.3 Å². The van der Waals surface area contributed by atoms with Crippen molar-refractivity contribution in [3.63, 3.8) is 0 Å². The Labute approximate surface area is 320 Å². The van der Waals surface area contributed by atoms with Crippen molar-refractivity contribution in [2.45, 2.75) is 77.9 Å². The summed E-state index contributed by atoms with van der Waals surface area (Å²) in [7, 11) is 1.30. The van der Waals surface area contributed by atoms with E-state index in [1.807, 2.05) is 29.7 Å². The van der Waals surface area contributed by atoms with Gasteiger partial charge in [-0.15, -0.1) is 0 Å². The normalized spacial score (nSPS) is 17.9. The first kappa shape index (κ1) is 36.3. The van der Waals surface area contributed by atoms with E-state index in [-0.39, 0.29) is 29.8 Å². The molecule has 2 aromatic heterocycles. The van der Waals surface area contributed by atoms with Crippen molar-refractivity contribution < 1.29 is 19.1 Å². The lowest BCUT2D eigenvalue weighted by Crippen LogP contribution is -2.51. The number of hydrogen-bond donors (Lipinski definition) is 3. The molecule has 4 aromatic carbocycles. The molecule has 2 fully saturated rings. The molecule has 2 aliphatic heterocycles. The molecule has 55 heavy (non-hydrogen) atoms. The van der Waals surface area contributed by atoms with Crippen LogP contribution in [0.4, 0.5) is 4.79 Å². The maximum atomic E-state index is 13.7. The number of fused-ring (bicyclic) bond motifs is 3. The largest absolute Gasteiger partial charge is 0.453 e. The third-order valence-electron chi connectivity index (χ3n) is 11.2. The zero-order valence-electron chi connectivity index (χ0n) is 32.2. The summed E-state index contributed by atoms with van der Waals surface area (Å²) < 4.78 is 4.79. The fraction of sp³-hybridized carbons (Fsp3) is 0.386. The predicted octanol–water partition coefficient (Wildman–Crippen LogP) is 8.68. The molecule has 8 rings (SSSR count).